The highest BCUT2D eigenvalue weighted by atomic mass is 16.5. The number of rotatable bonds is 4. The molecule has 0 fully saturated rings. The standard InChI is InChI=1S/C14H18O2/c1-11(2)13(15)16-10-14(3,4)12-8-6-5-7-9-12/h5-9H,1,10H2,2-4H3. The fourth-order valence-electron chi connectivity index (χ4n) is 1.34. The van der Waals surface area contributed by atoms with Crippen LogP contribution in [0.5, 0.6) is 0 Å². The maximum absolute atomic E-state index is 11.3. The molecular formula is C14H18O2. The first-order valence-electron chi connectivity index (χ1n) is 5.31. The van der Waals surface area contributed by atoms with Crippen molar-refractivity contribution in [3.63, 3.8) is 0 Å². The SMILES string of the molecule is C=C(C)C(=O)OCC(C)(C)c1ccccc1. The number of esters is 1. The van der Waals surface area contributed by atoms with Gasteiger partial charge in [0.05, 0.1) is 0 Å². The third kappa shape index (κ3) is 3.23. The summed E-state index contributed by atoms with van der Waals surface area (Å²) in [5.74, 6) is -0.330. The van der Waals surface area contributed by atoms with Gasteiger partial charge in [-0.1, -0.05) is 50.8 Å². The Morgan fingerprint density at radius 3 is 2.38 bits per heavy atom. The van der Waals surface area contributed by atoms with E-state index < -0.39 is 0 Å². The molecule has 16 heavy (non-hydrogen) atoms. The van der Waals surface area contributed by atoms with Gasteiger partial charge in [0.1, 0.15) is 6.61 Å². The third-order valence-electron chi connectivity index (χ3n) is 2.47. The molecule has 0 radical (unpaired) electrons. The highest BCUT2D eigenvalue weighted by molar-refractivity contribution is 5.86. The van der Waals surface area contributed by atoms with Crippen LogP contribution in [0.2, 0.25) is 0 Å². The van der Waals surface area contributed by atoms with Gasteiger partial charge in [0.25, 0.3) is 0 Å². The lowest BCUT2D eigenvalue weighted by molar-refractivity contribution is -0.140. The molecule has 0 spiro atoms. The van der Waals surface area contributed by atoms with Crippen LogP contribution in [0.3, 0.4) is 0 Å². The Labute approximate surface area is 96.9 Å². The second-order valence-electron chi connectivity index (χ2n) is 4.61. The Balaban J connectivity index is 2.66. The molecule has 2 heteroatoms. The van der Waals surface area contributed by atoms with Crippen LogP contribution in [0.4, 0.5) is 0 Å². The lowest BCUT2D eigenvalue weighted by atomic mass is 9.86. The average Bonchev–Trinajstić information content (AvgIpc) is 2.27. The Kier molecular flexibility index (Phi) is 3.88. The van der Waals surface area contributed by atoms with E-state index >= 15 is 0 Å². The summed E-state index contributed by atoms with van der Waals surface area (Å²) in [6.07, 6.45) is 0. The fourth-order valence-corrected chi connectivity index (χ4v) is 1.34. The van der Waals surface area contributed by atoms with Crippen molar-refractivity contribution < 1.29 is 9.53 Å². The van der Waals surface area contributed by atoms with Crippen LogP contribution >= 0.6 is 0 Å². The zero-order valence-electron chi connectivity index (χ0n) is 10.1. The molecule has 0 aliphatic rings. The Morgan fingerprint density at radius 2 is 1.88 bits per heavy atom. The fraction of sp³-hybridized carbons (Fsp3) is 0.357. The monoisotopic (exact) mass is 218 g/mol. The molecule has 0 amide bonds. The maximum Gasteiger partial charge on any atom is 0.333 e. The molecule has 0 saturated carbocycles. The molecule has 0 aliphatic heterocycles. The molecule has 0 N–H and O–H groups in total. The molecule has 0 atom stereocenters. The number of carbonyl (C=O) groups is 1. The van der Waals surface area contributed by atoms with Gasteiger partial charge in [-0.25, -0.2) is 4.79 Å². The predicted octanol–water partition coefficient (Wildman–Crippen LogP) is 3.08. The summed E-state index contributed by atoms with van der Waals surface area (Å²) in [5, 5.41) is 0. The largest absolute Gasteiger partial charge is 0.461 e. The van der Waals surface area contributed by atoms with Crippen molar-refractivity contribution in [1.82, 2.24) is 0 Å². The van der Waals surface area contributed by atoms with Crippen LogP contribution in [0.25, 0.3) is 0 Å². The predicted molar refractivity (Wildman–Crippen MR) is 65.2 cm³/mol. The zero-order chi connectivity index (χ0) is 12.2. The Hall–Kier alpha value is -1.57. The van der Waals surface area contributed by atoms with Gasteiger partial charge < -0.3 is 4.74 Å². The minimum absolute atomic E-state index is 0.174. The molecular weight excluding hydrogens is 200 g/mol. The molecule has 0 heterocycles. The normalized spacial score (nSPS) is 10.9. The number of hydrogen-bond donors (Lipinski definition) is 0. The van der Waals surface area contributed by atoms with Gasteiger partial charge in [-0.05, 0) is 12.5 Å². The summed E-state index contributed by atoms with van der Waals surface area (Å²) < 4.78 is 5.18. The highest BCUT2D eigenvalue weighted by Gasteiger charge is 2.22. The average molecular weight is 218 g/mol. The topological polar surface area (TPSA) is 26.3 Å². The van der Waals surface area contributed by atoms with E-state index in [0.29, 0.717) is 12.2 Å². The van der Waals surface area contributed by atoms with Crippen LogP contribution in [-0.4, -0.2) is 12.6 Å². The van der Waals surface area contributed by atoms with Gasteiger partial charge in [-0.2, -0.15) is 0 Å². The van der Waals surface area contributed by atoms with E-state index in [0.717, 1.165) is 5.56 Å². The van der Waals surface area contributed by atoms with Crippen LogP contribution in [0.15, 0.2) is 42.5 Å². The quantitative estimate of drug-likeness (QED) is 0.573. The van der Waals surface area contributed by atoms with Gasteiger partial charge in [-0.15, -0.1) is 0 Å². The number of benzene rings is 1. The minimum Gasteiger partial charge on any atom is -0.461 e. The van der Waals surface area contributed by atoms with Crippen molar-refractivity contribution in [2.75, 3.05) is 6.61 Å². The van der Waals surface area contributed by atoms with E-state index in [1.54, 1.807) is 6.92 Å². The van der Waals surface area contributed by atoms with Crippen molar-refractivity contribution in [2.45, 2.75) is 26.2 Å². The molecule has 0 unspecified atom stereocenters. The summed E-state index contributed by atoms with van der Waals surface area (Å²) in [4.78, 5) is 11.3. The second kappa shape index (κ2) is 4.97. The number of carbonyl (C=O) groups excluding carboxylic acids is 1. The molecule has 0 saturated heterocycles. The van der Waals surface area contributed by atoms with Gasteiger partial charge in [0, 0.05) is 11.0 Å². The minimum atomic E-state index is -0.330. The van der Waals surface area contributed by atoms with Crippen molar-refractivity contribution in [3.8, 4) is 0 Å². The van der Waals surface area contributed by atoms with E-state index in [1.165, 1.54) is 0 Å². The first kappa shape index (κ1) is 12.5. The molecule has 0 aromatic heterocycles. The van der Waals surface area contributed by atoms with E-state index in [9.17, 15) is 4.79 Å². The van der Waals surface area contributed by atoms with E-state index in [4.69, 9.17) is 4.74 Å². The molecule has 2 nitrogen and oxygen atoms in total. The van der Waals surface area contributed by atoms with E-state index in [2.05, 4.69) is 6.58 Å². The summed E-state index contributed by atoms with van der Waals surface area (Å²) in [5.41, 5.74) is 1.42. The van der Waals surface area contributed by atoms with E-state index in [-0.39, 0.29) is 11.4 Å². The Morgan fingerprint density at radius 1 is 1.31 bits per heavy atom. The van der Waals surface area contributed by atoms with Crippen LogP contribution < -0.4 is 0 Å². The smallest absolute Gasteiger partial charge is 0.333 e. The van der Waals surface area contributed by atoms with Crippen LogP contribution in [0.1, 0.15) is 26.3 Å². The molecule has 0 aliphatic carbocycles. The molecule has 0 bridgehead atoms. The van der Waals surface area contributed by atoms with Gasteiger partial charge in [0.2, 0.25) is 0 Å². The lowest BCUT2D eigenvalue weighted by Crippen LogP contribution is -2.26. The van der Waals surface area contributed by atoms with E-state index in [1.807, 2.05) is 44.2 Å². The van der Waals surface area contributed by atoms with Crippen LogP contribution in [0, 0.1) is 0 Å². The number of hydrogen-bond acceptors (Lipinski definition) is 2. The van der Waals surface area contributed by atoms with Crippen molar-refractivity contribution in [3.05, 3.63) is 48.0 Å². The lowest BCUT2D eigenvalue weighted by Gasteiger charge is -2.24. The zero-order valence-corrected chi connectivity index (χ0v) is 10.1. The van der Waals surface area contributed by atoms with Crippen molar-refractivity contribution >= 4 is 5.97 Å². The van der Waals surface area contributed by atoms with Crippen molar-refractivity contribution in [1.29, 1.82) is 0 Å². The molecule has 86 valence electrons. The van der Waals surface area contributed by atoms with Crippen LogP contribution in [-0.2, 0) is 14.9 Å². The Bertz CT molecular complexity index is 377. The van der Waals surface area contributed by atoms with Gasteiger partial charge >= 0.3 is 5.97 Å². The molecule has 1 rings (SSSR count). The van der Waals surface area contributed by atoms with Gasteiger partial charge in [-0.3, -0.25) is 0 Å². The number of ether oxygens (including phenoxy) is 1. The maximum atomic E-state index is 11.3. The first-order chi connectivity index (χ1) is 7.43. The van der Waals surface area contributed by atoms with Crippen molar-refractivity contribution in [2.24, 2.45) is 0 Å². The second-order valence-corrected chi connectivity index (χ2v) is 4.61. The van der Waals surface area contributed by atoms with Gasteiger partial charge in [0.15, 0.2) is 0 Å². The molecule has 1 aromatic carbocycles. The summed E-state index contributed by atoms with van der Waals surface area (Å²) in [7, 11) is 0. The summed E-state index contributed by atoms with van der Waals surface area (Å²) >= 11 is 0. The summed E-state index contributed by atoms with van der Waals surface area (Å²) in [6.45, 7) is 9.67. The third-order valence-corrected chi connectivity index (χ3v) is 2.47. The summed E-state index contributed by atoms with van der Waals surface area (Å²) in [6, 6.07) is 10.0. The first-order valence-corrected chi connectivity index (χ1v) is 5.31. The highest BCUT2D eigenvalue weighted by Crippen LogP contribution is 2.23. The molecule has 1 aromatic rings.